The summed E-state index contributed by atoms with van der Waals surface area (Å²) in [6.45, 7) is 0.253. The normalized spacial score (nSPS) is 12.4. The molecule has 3 amide bonds. The van der Waals surface area contributed by atoms with Crippen molar-refractivity contribution in [2.45, 2.75) is 43.7 Å². The SMILES string of the molecule is NC(=O)[C@H](Cc1ccc(O)cc1)NC(=O)[C@@H](CCCN=C(N)N)NC(=O)CC(c1cccc2ccccc12)c1cccc2ccccc12. The van der Waals surface area contributed by atoms with Gasteiger partial charge in [0, 0.05) is 25.3 Å². The molecular formula is C38H40N6O4. The molecule has 0 aliphatic carbocycles. The molecule has 0 fully saturated rings. The fourth-order valence-electron chi connectivity index (χ4n) is 6.07. The Hall–Kier alpha value is -5.90. The molecule has 48 heavy (non-hydrogen) atoms. The van der Waals surface area contributed by atoms with E-state index in [1.165, 1.54) is 12.1 Å². The quantitative estimate of drug-likeness (QED) is 0.0603. The number of hydrogen-bond donors (Lipinski definition) is 6. The van der Waals surface area contributed by atoms with Gasteiger partial charge >= 0.3 is 0 Å². The van der Waals surface area contributed by atoms with Gasteiger partial charge in [0.15, 0.2) is 5.96 Å². The summed E-state index contributed by atoms with van der Waals surface area (Å²) in [5.74, 6) is -1.95. The van der Waals surface area contributed by atoms with Gasteiger partial charge in [-0.25, -0.2) is 0 Å². The number of hydrogen-bond acceptors (Lipinski definition) is 5. The maximum Gasteiger partial charge on any atom is 0.243 e. The van der Waals surface area contributed by atoms with E-state index in [4.69, 9.17) is 17.2 Å². The van der Waals surface area contributed by atoms with Crippen molar-refractivity contribution in [3.63, 3.8) is 0 Å². The van der Waals surface area contributed by atoms with Crippen molar-refractivity contribution in [2.24, 2.45) is 22.2 Å². The number of nitrogens with zero attached hydrogens (tertiary/aromatic N) is 1. The van der Waals surface area contributed by atoms with Gasteiger partial charge < -0.3 is 32.9 Å². The third-order valence-electron chi connectivity index (χ3n) is 8.42. The molecule has 0 saturated heterocycles. The molecule has 5 rings (SSSR count). The predicted molar refractivity (Wildman–Crippen MR) is 189 cm³/mol. The van der Waals surface area contributed by atoms with E-state index in [0.29, 0.717) is 12.0 Å². The van der Waals surface area contributed by atoms with Crippen molar-refractivity contribution in [3.05, 3.63) is 126 Å². The van der Waals surface area contributed by atoms with Gasteiger partial charge in [0.2, 0.25) is 17.7 Å². The molecule has 0 bridgehead atoms. The third kappa shape index (κ3) is 8.47. The summed E-state index contributed by atoms with van der Waals surface area (Å²) in [4.78, 5) is 44.1. The van der Waals surface area contributed by atoms with E-state index in [2.05, 4.69) is 27.8 Å². The highest BCUT2D eigenvalue weighted by Crippen LogP contribution is 2.37. The molecule has 2 atom stereocenters. The number of fused-ring (bicyclic) bond motifs is 2. The minimum Gasteiger partial charge on any atom is -0.508 e. The van der Waals surface area contributed by atoms with Crippen molar-refractivity contribution in [1.29, 1.82) is 0 Å². The molecule has 10 nitrogen and oxygen atoms in total. The number of nitrogens with two attached hydrogens (primary N) is 3. The number of amides is 3. The van der Waals surface area contributed by atoms with Crippen LogP contribution in [0.25, 0.3) is 21.5 Å². The zero-order valence-electron chi connectivity index (χ0n) is 26.5. The highest BCUT2D eigenvalue weighted by molar-refractivity contribution is 5.94. The number of aromatic hydroxyl groups is 1. The molecule has 5 aromatic rings. The summed E-state index contributed by atoms with van der Waals surface area (Å²) in [5, 5.41) is 19.5. The van der Waals surface area contributed by atoms with Gasteiger partial charge in [0.05, 0.1) is 0 Å². The molecule has 0 aliphatic rings. The van der Waals surface area contributed by atoms with Gasteiger partial charge in [-0.1, -0.05) is 97.1 Å². The van der Waals surface area contributed by atoms with E-state index in [1.54, 1.807) is 12.1 Å². The van der Waals surface area contributed by atoms with Gasteiger partial charge in [-0.2, -0.15) is 0 Å². The van der Waals surface area contributed by atoms with Crippen LogP contribution in [0.4, 0.5) is 0 Å². The lowest BCUT2D eigenvalue weighted by molar-refractivity contribution is -0.131. The summed E-state index contributed by atoms with van der Waals surface area (Å²) in [6, 6.07) is 32.5. The maximum atomic E-state index is 14.0. The first-order valence-electron chi connectivity index (χ1n) is 15.9. The minimum absolute atomic E-state index is 0.0620. The molecule has 0 unspecified atom stereocenters. The van der Waals surface area contributed by atoms with E-state index < -0.39 is 23.9 Å². The third-order valence-corrected chi connectivity index (χ3v) is 8.42. The van der Waals surface area contributed by atoms with Gasteiger partial charge in [-0.3, -0.25) is 19.4 Å². The number of carbonyl (C=O) groups is 3. The number of phenols is 1. The van der Waals surface area contributed by atoms with E-state index in [1.807, 2.05) is 72.8 Å². The van der Waals surface area contributed by atoms with E-state index in [0.717, 1.165) is 32.7 Å². The monoisotopic (exact) mass is 644 g/mol. The summed E-state index contributed by atoms with van der Waals surface area (Å²) in [6.07, 6.45) is 0.782. The first-order valence-corrected chi connectivity index (χ1v) is 15.9. The Balaban J connectivity index is 1.43. The van der Waals surface area contributed by atoms with Crippen LogP contribution in [-0.4, -0.2) is 47.4 Å². The number of aliphatic imine (C=N–C) groups is 1. The Kier molecular flexibility index (Phi) is 10.9. The van der Waals surface area contributed by atoms with Crippen LogP contribution in [0.2, 0.25) is 0 Å². The maximum absolute atomic E-state index is 14.0. The predicted octanol–water partition coefficient (Wildman–Crippen LogP) is 3.97. The van der Waals surface area contributed by atoms with Crippen LogP contribution in [0.15, 0.2) is 114 Å². The number of rotatable bonds is 14. The second-order valence-corrected chi connectivity index (χ2v) is 11.8. The number of phenolic OH excluding ortho intramolecular Hbond substituents is 1. The molecule has 0 heterocycles. The molecule has 246 valence electrons. The first kappa shape index (κ1) is 33.5. The Morgan fingerprint density at radius 2 is 1.25 bits per heavy atom. The van der Waals surface area contributed by atoms with Gasteiger partial charge in [0.25, 0.3) is 0 Å². The van der Waals surface area contributed by atoms with E-state index in [9.17, 15) is 19.5 Å². The number of carbonyl (C=O) groups excluding carboxylic acids is 3. The fraction of sp³-hybridized carbons (Fsp3) is 0.211. The second kappa shape index (κ2) is 15.6. The smallest absolute Gasteiger partial charge is 0.243 e. The number of primary amides is 1. The van der Waals surface area contributed by atoms with Crippen molar-refractivity contribution < 1.29 is 19.5 Å². The number of benzene rings is 5. The van der Waals surface area contributed by atoms with Crippen LogP contribution in [0, 0.1) is 0 Å². The van der Waals surface area contributed by atoms with Crippen LogP contribution in [-0.2, 0) is 20.8 Å². The number of nitrogens with one attached hydrogen (secondary N) is 2. The molecule has 0 saturated carbocycles. The van der Waals surface area contributed by atoms with Gasteiger partial charge in [-0.05, 0) is 63.2 Å². The van der Waals surface area contributed by atoms with Crippen LogP contribution >= 0.6 is 0 Å². The summed E-state index contributed by atoms with van der Waals surface area (Å²) < 4.78 is 0. The van der Waals surface area contributed by atoms with Crippen molar-refractivity contribution in [1.82, 2.24) is 10.6 Å². The molecule has 0 aliphatic heterocycles. The molecule has 10 heteroatoms. The highest BCUT2D eigenvalue weighted by atomic mass is 16.3. The standard InChI is InChI=1S/C38H40N6O4/c39-36(47)34(22-24-17-19-27(45)20-18-24)44-37(48)33(16-7-21-42-38(40)41)43-35(46)23-32(30-14-5-10-25-8-1-3-12-28(25)30)31-15-6-11-26-9-2-4-13-29(26)31/h1-6,8-15,17-20,32-34,45H,7,16,21-23H2,(H2,39,47)(H,43,46)(H,44,48)(H4,40,41,42)/t33-,34+/m1/s1. The molecular weight excluding hydrogens is 604 g/mol. The summed E-state index contributed by atoms with van der Waals surface area (Å²) in [7, 11) is 0. The molecule has 0 aromatic heterocycles. The minimum atomic E-state index is -1.04. The summed E-state index contributed by atoms with van der Waals surface area (Å²) >= 11 is 0. The lowest BCUT2D eigenvalue weighted by atomic mass is 9.83. The Morgan fingerprint density at radius 1 is 0.688 bits per heavy atom. The molecule has 9 N–H and O–H groups in total. The lowest BCUT2D eigenvalue weighted by Crippen LogP contribution is -2.53. The summed E-state index contributed by atoms with van der Waals surface area (Å²) in [5.41, 5.74) is 19.3. The van der Waals surface area contributed by atoms with Crippen LogP contribution < -0.4 is 27.8 Å². The largest absolute Gasteiger partial charge is 0.508 e. The first-order chi connectivity index (χ1) is 23.2. The van der Waals surface area contributed by atoms with Gasteiger partial charge in [-0.15, -0.1) is 0 Å². The zero-order valence-corrected chi connectivity index (χ0v) is 26.5. The van der Waals surface area contributed by atoms with Crippen LogP contribution in [0.1, 0.15) is 41.9 Å². The Morgan fingerprint density at radius 3 is 1.81 bits per heavy atom. The molecule has 5 aromatic carbocycles. The molecule has 0 spiro atoms. The molecule has 0 radical (unpaired) electrons. The lowest BCUT2D eigenvalue weighted by Gasteiger charge is -2.25. The van der Waals surface area contributed by atoms with Crippen molar-refractivity contribution >= 4 is 45.2 Å². The zero-order chi connectivity index (χ0) is 34.0. The van der Waals surface area contributed by atoms with Gasteiger partial charge in [0.1, 0.15) is 17.8 Å². The highest BCUT2D eigenvalue weighted by Gasteiger charge is 2.28. The second-order valence-electron chi connectivity index (χ2n) is 11.8. The van der Waals surface area contributed by atoms with Crippen molar-refractivity contribution in [2.75, 3.05) is 6.54 Å². The fourth-order valence-corrected chi connectivity index (χ4v) is 6.07. The number of guanidine groups is 1. The van der Waals surface area contributed by atoms with Crippen LogP contribution in [0.3, 0.4) is 0 Å². The van der Waals surface area contributed by atoms with Crippen LogP contribution in [0.5, 0.6) is 5.75 Å². The average molecular weight is 645 g/mol. The Bertz CT molecular complexity index is 1850. The van der Waals surface area contributed by atoms with E-state index >= 15 is 0 Å². The topological polar surface area (TPSA) is 186 Å². The van der Waals surface area contributed by atoms with E-state index in [-0.39, 0.29) is 49.3 Å². The Labute approximate surface area is 279 Å². The average Bonchev–Trinajstić information content (AvgIpc) is 3.08. The van der Waals surface area contributed by atoms with Crippen molar-refractivity contribution in [3.8, 4) is 5.75 Å².